The molecular formula is C25H32N2O. The topological polar surface area (TPSA) is 32.3 Å². The summed E-state index contributed by atoms with van der Waals surface area (Å²) in [4.78, 5) is 15.8. The Bertz CT molecular complexity index is 805. The van der Waals surface area contributed by atoms with E-state index in [9.17, 15) is 4.79 Å². The molecule has 2 atom stereocenters. The first-order valence-corrected chi connectivity index (χ1v) is 10.8. The lowest BCUT2D eigenvalue weighted by Gasteiger charge is -2.44. The number of aryl methyl sites for hydroxylation is 2. The molecule has 1 N–H and O–H groups in total. The largest absolute Gasteiger partial charge is 0.350 e. The Labute approximate surface area is 169 Å². The van der Waals surface area contributed by atoms with Crippen molar-refractivity contribution in [1.29, 1.82) is 0 Å². The second-order valence-corrected chi connectivity index (χ2v) is 8.60. The number of nitrogens with one attached hydrogen (secondary N) is 1. The van der Waals surface area contributed by atoms with Crippen molar-refractivity contribution in [2.24, 2.45) is 0 Å². The summed E-state index contributed by atoms with van der Waals surface area (Å²) in [5, 5.41) is 3.36. The molecule has 2 aliphatic rings. The highest BCUT2D eigenvalue weighted by Gasteiger charge is 2.48. The molecule has 3 nitrogen and oxygen atoms in total. The number of hydrogen-bond acceptors (Lipinski definition) is 2. The lowest BCUT2D eigenvalue weighted by molar-refractivity contribution is 0.0809. The molecule has 148 valence electrons. The van der Waals surface area contributed by atoms with Crippen LogP contribution in [0.2, 0.25) is 0 Å². The smallest absolute Gasteiger partial charge is 0.251 e. The van der Waals surface area contributed by atoms with Gasteiger partial charge in [0.2, 0.25) is 0 Å². The van der Waals surface area contributed by atoms with E-state index in [1.807, 2.05) is 32.0 Å². The maximum Gasteiger partial charge on any atom is 0.251 e. The molecule has 4 rings (SSSR count). The summed E-state index contributed by atoms with van der Waals surface area (Å²) in [6, 6.07) is 17.0. The molecule has 2 aromatic rings. The highest BCUT2D eigenvalue weighted by atomic mass is 16.1. The minimum Gasteiger partial charge on any atom is -0.350 e. The zero-order valence-electron chi connectivity index (χ0n) is 17.2. The van der Waals surface area contributed by atoms with Gasteiger partial charge < -0.3 is 5.32 Å². The molecular weight excluding hydrogens is 344 g/mol. The van der Waals surface area contributed by atoms with E-state index in [1.54, 1.807) is 0 Å². The van der Waals surface area contributed by atoms with Gasteiger partial charge in [0.15, 0.2) is 0 Å². The van der Waals surface area contributed by atoms with Crippen LogP contribution >= 0.6 is 0 Å². The normalized spacial score (nSPS) is 25.1. The molecule has 0 spiro atoms. The van der Waals surface area contributed by atoms with E-state index in [4.69, 9.17) is 0 Å². The first-order chi connectivity index (χ1) is 13.6. The van der Waals surface area contributed by atoms with Crippen molar-refractivity contribution in [3.05, 3.63) is 70.8 Å². The van der Waals surface area contributed by atoms with E-state index < -0.39 is 0 Å². The maximum absolute atomic E-state index is 13.1. The molecule has 2 unspecified atom stereocenters. The first-order valence-electron chi connectivity index (χ1n) is 10.8. The number of benzene rings is 2. The summed E-state index contributed by atoms with van der Waals surface area (Å²) >= 11 is 0. The summed E-state index contributed by atoms with van der Waals surface area (Å²) in [7, 11) is 0. The predicted molar refractivity (Wildman–Crippen MR) is 115 cm³/mol. The van der Waals surface area contributed by atoms with Gasteiger partial charge in [-0.25, -0.2) is 0 Å². The van der Waals surface area contributed by atoms with E-state index >= 15 is 0 Å². The molecule has 1 amide bonds. The molecule has 1 saturated heterocycles. The number of amides is 1. The molecule has 3 heteroatoms. The Morgan fingerprint density at radius 2 is 1.68 bits per heavy atom. The quantitative estimate of drug-likeness (QED) is 0.810. The zero-order chi connectivity index (χ0) is 19.6. The average Bonchev–Trinajstić information content (AvgIpc) is 3.37. The minimum atomic E-state index is 0.0457. The van der Waals surface area contributed by atoms with Crippen LogP contribution in [0, 0.1) is 13.8 Å². The van der Waals surface area contributed by atoms with Crippen LogP contribution in [0.15, 0.2) is 48.5 Å². The molecule has 2 fully saturated rings. The van der Waals surface area contributed by atoms with Gasteiger partial charge in [-0.2, -0.15) is 0 Å². The fraction of sp³-hybridized carbons (Fsp3) is 0.480. The van der Waals surface area contributed by atoms with Crippen molar-refractivity contribution in [2.75, 3.05) is 19.6 Å². The van der Waals surface area contributed by atoms with E-state index in [0.29, 0.717) is 5.92 Å². The number of likely N-dealkylation sites (tertiary alicyclic amines) is 1. The second-order valence-electron chi connectivity index (χ2n) is 8.60. The molecule has 0 aromatic heterocycles. The SMILES string of the molecule is Cc1cccc(C)c1C(=O)NCC1(N2CCCC2)CCCC1c1ccccc1. The van der Waals surface area contributed by atoms with Crippen LogP contribution in [-0.4, -0.2) is 36.0 Å². The molecule has 1 heterocycles. The fourth-order valence-corrected chi connectivity index (χ4v) is 5.58. The Morgan fingerprint density at radius 3 is 2.36 bits per heavy atom. The summed E-state index contributed by atoms with van der Waals surface area (Å²) < 4.78 is 0. The Balaban J connectivity index is 1.61. The zero-order valence-corrected chi connectivity index (χ0v) is 17.2. The van der Waals surface area contributed by atoms with Crippen LogP contribution < -0.4 is 5.32 Å². The Hall–Kier alpha value is -2.13. The molecule has 28 heavy (non-hydrogen) atoms. The third kappa shape index (κ3) is 3.48. The number of nitrogens with zero attached hydrogens (tertiary/aromatic N) is 1. The first kappa shape index (κ1) is 19.2. The van der Waals surface area contributed by atoms with E-state index in [-0.39, 0.29) is 11.4 Å². The van der Waals surface area contributed by atoms with Crippen LogP contribution in [0.25, 0.3) is 0 Å². The van der Waals surface area contributed by atoms with Gasteiger partial charge in [-0.05, 0) is 69.3 Å². The van der Waals surface area contributed by atoms with Crippen molar-refractivity contribution in [3.63, 3.8) is 0 Å². The third-order valence-electron chi connectivity index (χ3n) is 6.95. The van der Waals surface area contributed by atoms with Gasteiger partial charge in [0.05, 0.1) is 0 Å². The molecule has 0 bridgehead atoms. The van der Waals surface area contributed by atoms with E-state index in [0.717, 1.165) is 36.3 Å². The number of carbonyl (C=O) groups excluding carboxylic acids is 1. The lowest BCUT2D eigenvalue weighted by atomic mass is 9.80. The third-order valence-corrected chi connectivity index (χ3v) is 6.95. The monoisotopic (exact) mass is 376 g/mol. The van der Waals surface area contributed by atoms with Gasteiger partial charge in [-0.3, -0.25) is 9.69 Å². The molecule has 1 aliphatic heterocycles. The summed E-state index contributed by atoms with van der Waals surface area (Å²) in [6.07, 6.45) is 6.15. The van der Waals surface area contributed by atoms with Gasteiger partial charge in [0, 0.05) is 23.6 Å². The van der Waals surface area contributed by atoms with Gasteiger partial charge in [0.25, 0.3) is 5.91 Å². The molecule has 0 radical (unpaired) electrons. The van der Waals surface area contributed by atoms with Crippen molar-refractivity contribution in [3.8, 4) is 0 Å². The van der Waals surface area contributed by atoms with Gasteiger partial charge >= 0.3 is 0 Å². The standard InChI is InChI=1S/C25H32N2O/c1-19-10-8-11-20(2)23(19)24(28)26-18-25(27-16-6-7-17-27)15-9-14-22(25)21-12-4-3-5-13-21/h3-5,8,10-13,22H,6-7,9,14-18H2,1-2H3,(H,26,28). The number of carbonyl (C=O) groups is 1. The molecule has 1 saturated carbocycles. The fourth-order valence-electron chi connectivity index (χ4n) is 5.58. The minimum absolute atomic E-state index is 0.0457. The van der Waals surface area contributed by atoms with E-state index in [2.05, 4.69) is 40.5 Å². The van der Waals surface area contributed by atoms with Crippen molar-refractivity contribution in [2.45, 2.75) is 57.4 Å². The van der Waals surface area contributed by atoms with Gasteiger partial charge in [-0.15, -0.1) is 0 Å². The highest BCUT2D eigenvalue weighted by Crippen LogP contribution is 2.47. The van der Waals surface area contributed by atoms with Crippen molar-refractivity contribution in [1.82, 2.24) is 10.2 Å². The van der Waals surface area contributed by atoms with Crippen LogP contribution in [0.4, 0.5) is 0 Å². The number of rotatable bonds is 5. The van der Waals surface area contributed by atoms with Crippen LogP contribution in [0.3, 0.4) is 0 Å². The van der Waals surface area contributed by atoms with Crippen molar-refractivity contribution < 1.29 is 4.79 Å². The van der Waals surface area contributed by atoms with Crippen molar-refractivity contribution >= 4 is 5.91 Å². The lowest BCUT2D eigenvalue weighted by Crippen LogP contribution is -2.56. The summed E-state index contributed by atoms with van der Waals surface area (Å²) in [6.45, 7) is 7.10. The average molecular weight is 377 g/mol. The van der Waals surface area contributed by atoms with Crippen LogP contribution in [0.5, 0.6) is 0 Å². The van der Waals surface area contributed by atoms with Crippen LogP contribution in [0.1, 0.15) is 65.1 Å². The Morgan fingerprint density at radius 1 is 1.00 bits per heavy atom. The summed E-state index contributed by atoms with van der Waals surface area (Å²) in [5.74, 6) is 0.568. The Kier molecular flexibility index (Phi) is 5.54. The predicted octanol–water partition coefficient (Wildman–Crippen LogP) is 4.84. The van der Waals surface area contributed by atoms with E-state index in [1.165, 1.54) is 37.7 Å². The molecule has 1 aliphatic carbocycles. The van der Waals surface area contributed by atoms with Gasteiger partial charge in [-0.1, -0.05) is 55.0 Å². The summed E-state index contributed by atoms with van der Waals surface area (Å²) in [5.41, 5.74) is 4.42. The number of hydrogen-bond donors (Lipinski definition) is 1. The highest BCUT2D eigenvalue weighted by molar-refractivity contribution is 5.97. The molecule has 2 aromatic carbocycles. The second kappa shape index (κ2) is 8.08. The maximum atomic E-state index is 13.1. The van der Waals surface area contributed by atoms with Gasteiger partial charge in [0.1, 0.15) is 0 Å². The van der Waals surface area contributed by atoms with Crippen LogP contribution in [-0.2, 0) is 0 Å².